The van der Waals surface area contributed by atoms with Crippen LogP contribution in [0.4, 0.5) is 5.69 Å². The molecule has 2 aromatic heterocycles. The number of nitro groups is 1. The summed E-state index contributed by atoms with van der Waals surface area (Å²) in [6, 6.07) is 10.6. The van der Waals surface area contributed by atoms with Crippen molar-refractivity contribution in [1.82, 2.24) is 14.3 Å². The van der Waals surface area contributed by atoms with E-state index in [-0.39, 0.29) is 38.0 Å². The predicted octanol–water partition coefficient (Wildman–Crippen LogP) is 5.43. The van der Waals surface area contributed by atoms with E-state index in [2.05, 4.69) is 0 Å². The molecule has 0 radical (unpaired) electrons. The van der Waals surface area contributed by atoms with Gasteiger partial charge >= 0.3 is 239 Å². The average Bonchev–Trinajstić information content (AvgIpc) is 3.46. The first-order chi connectivity index (χ1) is 20.1. The molecule has 0 N–H and O–H groups in total. The number of halogens is 1. The summed E-state index contributed by atoms with van der Waals surface area (Å²) in [4.78, 5) is 36.2. The van der Waals surface area contributed by atoms with E-state index in [1.807, 2.05) is 54.3 Å². The molecule has 0 fully saturated rings. The quantitative estimate of drug-likeness (QED) is 0.0654. The van der Waals surface area contributed by atoms with Gasteiger partial charge in [-0.3, -0.25) is 4.79 Å². The average molecular weight is 660 g/mol. The van der Waals surface area contributed by atoms with E-state index in [1.54, 1.807) is 12.1 Å². The van der Waals surface area contributed by atoms with Crippen molar-refractivity contribution in [2.24, 2.45) is 0 Å². The number of para-hydroxylation sites is 1. The molecule has 0 aliphatic rings. The second-order valence-electron chi connectivity index (χ2n) is 9.67. The molecule has 2 aromatic carbocycles. The molecular formula is C30H33ClN4O6Se. The number of methoxy groups -OCH3 is 2. The van der Waals surface area contributed by atoms with E-state index in [1.165, 1.54) is 14.2 Å². The molecule has 10 nitrogen and oxygen atoms in total. The van der Waals surface area contributed by atoms with Crippen LogP contribution in [0.15, 0.2) is 36.4 Å². The molecule has 0 amide bonds. The molecule has 0 atom stereocenters. The zero-order valence-electron chi connectivity index (χ0n) is 24.2. The van der Waals surface area contributed by atoms with Gasteiger partial charge in [0.15, 0.2) is 0 Å². The number of hydrogen-bond donors (Lipinski definition) is 0. The van der Waals surface area contributed by atoms with Gasteiger partial charge in [0.25, 0.3) is 0 Å². The van der Waals surface area contributed by atoms with Gasteiger partial charge in [-0.2, -0.15) is 0 Å². The SMILES string of the molecule is CCn1c(C(=O)OC)c(CCC(=O)OC)c2ccc(Cl)c(-c3c(C)c(C)nn3CCC[Se]c3ccccc3[N+](=O)[O-])c21. The topological polar surface area (TPSA) is 118 Å². The monoisotopic (exact) mass is 660 g/mol. The Labute approximate surface area is 255 Å². The Morgan fingerprint density at radius 3 is 2.52 bits per heavy atom. The number of nitro benzene ring substituents is 1. The molecule has 0 bridgehead atoms. The third kappa shape index (κ3) is 6.09. The molecule has 12 heteroatoms. The first kappa shape index (κ1) is 31.3. The zero-order valence-corrected chi connectivity index (χ0v) is 26.7. The number of rotatable bonds is 12. The first-order valence-corrected chi connectivity index (χ1v) is 16.0. The van der Waals surface area contributed by atoms with Crippen molar-refractivity contribution < 1.29 is 24.0 Å². The molecule has 0 unspecified atom stereocenters. The molecule has 2 heterocycles. The number of aromatic nitrogens is 3. The second kappa shape index (κ2) is 13.5. The van der Waals surface area contributed by atoms with Crippen molar-refractivity contribution >= 4 is 59.5 Å². The fourth-order valence-corrected chi connectivity index (χ4v) is 7.48. The van der Waals surface area contributed by atoms with Crippen molar-refractivity contribution in [2.45, 2.75) is 58.4 Å². The Balaban J connectivity index is 1.78. The van der Waals surface area contributed by atoms with Crippen molar-refractivity contribution in [1.29, 1.82) is 0 Å². The number of esters is 2. The maximum absolute atomic E-state index is 13.1. The van der Waals surface area contributed by atoms with Crippen LogP contribution in [0.1, 0.15) is 47.1 Å². The second-order valence-corrected chi connectivity index (χ2v) is 12.5. The number of benzene rings is 2. The van der Waals surface area contributed by atoms with E-state index < -0.39 is 5.97 Å². The summed E-state index contributed by atoms with van der Waals surface area (Å²) >= 11 is 6.86. The van der Waals surface area contributed by atoms with Gasteiger partial charge in [0.2, 0.25) is 0 Å². The Hall–Kier alpha value is -3.66. The van der Waals surface area contributed by atoms with Gasteiger partial charge in [-0.1, -0.05) is 0 Å². The number of carbonyl (C=O) groups is 2. The van der Waals surface area contributed by atoms with Crippen LogP contribution in [-0.4, -0.2) is 60.4 Å². The van der Waals surface area contributed by atoms with Crippen molar-refractivity contribution in [3.05, 3.63) is 74.0 Å². The molecule has 0 spiro atoms. The van der Waals surface area contributed by atoms with Gasteiger partial charge in [0.1, 0.15) is 0 Å². The molecule has 0 aliphatic heterocycles. The van der Waals surface area contributed by atoms with Crippen molar-refractivity contribution in [2.75, 3.05) is 14.2 Å². The Kier molecular flexibility index (Phi) is 10.1. The fraction of sp³-hybridized carbons (Fsp3) is 0.367. The van der Waals surface area contributed by atoms with Crippen LogP contribution in [0.5, 0.6) is 0 Å². The minimum absolute atomic E-state index is 0.0698. The van der Waals surface area contributed by atoms with E-state index in [0.29, 0.717) is 35.8 Å². The van der Waals surface area contributed by atoms with Gasteiger partial charge < -0.3 is 4.74 Å². The molecule has 4 aromatic rings. The summed E-state index contributed by atoms with van der Waals surface area (Å²) in [6.45, 7) is 6.95. The molecule has 42 heavy (non-hydrogen) atoms. The standard InChI is InChI=1S/C30H33ClN4O6Se/c1-6-33-28-20(21(13-15-25(36)40-4)29(33)30(37)41-5)12-14-22(31)26(28)27-18(2)19(3)32-34(27)16-9-17-42-24-11-8-7-10-23(24)35(38)39/h7-8,10-12,14H,6,9,13,15-17H2,1-5H3. The Bertz CT molecular complexity index is 1660. The third-order valence-corrected chi connectivity index (χ3v) is 10.0. The maximum atomic E-state index is 13.1. The summed E-state index contributed by atoms with van der Waals surface area (Å²) in [5.74, 6) is -0.863. The molecule has 0 aliphatic carbocycles. The van der Waals surface area contributed by atoms with Crippen molar-refractivity contribution in [3.8, 4) is 11.3 Å². The van der Waals surface area contributed by atoms with Gasteiger partial charge in [-0.25, -0.2) is 0 Å². The van der Waals surface area contributed by atoms with E-state index in [9.17, 15) is 19.7 Å². The number of aryl methyl sites for hydroxylation is 4. The Morgan fingerprint density at radius 1 is 1.12 bits per heavy atom. The Morgan fingerprint density at radius 2 is 1.86 bits per heavy atom. The number of ether oxygens (including phenoxy) is 2. The summed E-state index contributed by atoms with van der Waals surface area (Å²) in [5.41, 5.74) is 5.46. The van der Waals surface area contributed by atoms with Gasteiger partial charge in [0, 0.05) is 0 Å². The normalized spacial score (nSPS) is 11.2. The first-order valence-electron chi connectivity index (χ1n) is 13.5. The van der Waals surface area contributed by atoms with Crippen LogP contribution in [0.3, 0.4) is 0 Å². The van der Waals surface area contributed by atoms with Gasteiger partial charge in [0.05, 0.1) is 7.11 Å². The number of nitrogens with zero attached hydrogens (tertiary/aromatic N) is 4. The van der Waals surface area contributed by atoms with Crippen LogP contribution in [-0.2, 0) is 33.8 Å². The molecule has 4 rings (SSSR count). The summed E-state index contributed by atoms with van der Waals surface area (Å²) in [6.07, 6.45) is 1.17. The molecule has 0 saturated heterocycles. The minimum atomic E-state index is -0.492. The van der Waals surface area contributed by atoms with Crippen LogP contribution in [0, 0.1) is 24.0 Å². The predicted molar refractivity (Wildman–Crippen MR) is 163 cm³/mol. The number of hydrogen-bond acceptors (Lipinski definition) is 7. The number of carbonyl (C=O) groups excluding carboxylic acids is 2. The molecular weight excluding hydrogens is 627 g/mol. The summed E-state index contributed by atoms with van der Waals surface area (Å²) < 4.78 is 14.6. The van der Waals surface area contributed by atoms with E-state index in [4.69, 9.17) is 26.2 Å². The summed E-state index contributed by atoms with van der Waals surface area (Å²) in [5, 5.41) is 18.4. The van der Waals surface area contributed by atoms with E-state index in [0.717, 1.165) is 49.6 Å². The molecule has 222 valence electrons. The van der Waals surface area contributed by atoms with E-state index >= 15 is 0 Å². The zero-order chi connectivity index (χ0) is 30.6. The third-order valence-electron chi connectivity index (χ3n) is 7.28. The van der Waals surface area contributed by atoms with Crippen LogP contribution in [0.25, 0.3) is 22.2 Å². The number of fused-ring (bicyclic) bond motifs is 1. The van der Waals surface area contributed by atoms with Crippen molar-refractivity contribution in [3.63, 3.8) is 0 Å². The summed E-state index contributed by atoms with van der Waals surface area (Å²) in [7, 11) is 2.68. The van der Waals surface area contributed by atoms with Crippen LogP contribution >= 0.6 is 11.6 Å². The van der Waals surface area contributed by atoms with Crippen LogP contribution < -0.4 is 4.46 Å². The van der Waals surface area contributed by atoms with Gasteiger partial charge in [-0.15, -0.1) is 0 Å². The fourth-order valence-electron chi connectivity index (χ4n) is 5.22. The molecule has 0 saturated carbocycles. The van der Waals surface area contributed by atoms with Gasteiger partial charge in [-0.05, 0) is 0 Å². The van der Waals surface area contributed by atoms with Crippen LogP contribution in [0.2, 0.25) is 10.3 Å².